The molecule has 0 saturated carbocycles. The summed E-state index contributed by atoms with van der Waals surface area (Å²) < 4.78 is 42.1. The van der Waals surface area contributed by atoms with Gasteiger partial charge in [0.15, 0.2) is 5.71 Å². The number of carboxylic acid groups (broad SMARTS) is 4. The number of nitrogens with one attached hydrogen (secondary N) is 2. The largest absolute Gasteiger partial charge is 0.481 e. The van der Waals surface area contributed by atoms with E-state index in [1.54, 1.807) is 24.3 Å². The van der Waals surface area contributed by atoms with Crippen molar-refractivity contribution in [2.45, 2.75) is 154 Å². The van der Waals surface area contributed by atoms with Gasteiger partial charge in [-0.1, -0.05) is 81.8 Å². The summed E-state index contributed by atoms with van der Waals surface area (Å²) in [6, 6.07) is 21.2. The number of allylic oxidation sites excluding steroid dienone is 7. The van der Waals surface area contributed by atoms with E-state index in [1.165, 1.54) is 17.0 Å². The van der Waals surface area contributed by atoms with Crippen LogP contribution in [-0.4, -0.2) is 117 Å². The third-order valence-corrected chi connectivity index (χ3v) is 16.7. The highest BCUT2D eigenvalue weighted by Crippen LogP contribution is 2.48. The van der Waals surface area contributed by atoms with Gasteiger partial charge in [0.2, 0.25) is 5.69 Å². The molecular weight excluding hydrogens is 1100 g/mol. The highest BCUT2D eigenvalue weighted by atomic mass is 32.2. The Hall–Kier alpha value is -7.71. The number of ether oxygens (including phenoxy) is 1. The van der Waals surface area contributed by atoms with Crippen LogP contribution < -0.4 is 20.3 Å². The number of anilines is 1. The minimum atomic E-state index is -4.11. The van der Waals surface area contributed by atoms with Gasteiger partial charge >= 0.3 is 29.9 Å². The second-order valence-corrected chi connectivity index (χ2v) is 24.6. The molecule has 0 saturated heterocycles. The number of aliphatic carboxylic acids is 4. The molecule has 3 atom stereocenters. The van der Waals surface area contributed by atoms with E-state index >= 15 is 0 Å². The number of benzene rings is 3. The minimum Gasteiger partial charge on any atom is -0.481 e. The summed E-state index contributed by atoms with van der Waals surface area (Å²) in [7, 11) is -4.11. The molecule has 1 aliphatic carbocycles. The van der Waals surface area contributed by atoms with Crippen LogP contribution in [0, 0.1) is 11.8 Å². The highest BCUT2D eigenvalue weighted by Gasteiger charge is 2.44. The fourth-order valence-corrected chi connectivity index (χ4v) is 11.9. The number of unbranched alkanes of at least 4 members (excludes halogenated alkanes) is 3. The van der Waals surface area contributed by atoms with Gasteiger partial charge in [0, 0.05) is 86.1 Å². The maximum Gasteiger partial charge on any atom is 0.326 e. The quantitative estimate of drug-likeness (QED) is 0.0169. The Labute approximate surface area is 492 Å². The van der Waals surface area contributed by atoms with E-state index in [0.717, 1.165) is 66.7 Å². The Morgan fingerprint density at radius 3 is 2.06 bits per heavy atom. The molecule has 452 valence electrons. The van der Waals surface area contributed by atoms with Crippen LogP contribution in [0.5, 0.6) is 5.75 Å². The number of para-hydroxylation sites is 2. The van der Waals surface area contributed by atoms with E-state index in [9.17, 15) is 61.9 Å². The molecule has 3 aromatic carbocycles. The molecule has 20 heteroatoms. The van der Waals surface area contributed by atoms with Gasteiger partial charge in [-0.05, 0) is 124 Å². The molecule has 3 aromatic rings. The van der Waals surface area contributed by atoms with E-state index < -0.39 is 101 Å². The lowest BCUT2D eigenvalue weighted by Gasteiger charge is -2.27. The predicted octanol–water partition coefficient (Wildman–Crippen LogP) is 10.3. The number of amides is 2. The maximum atomic E-state index is 13.4. The van der Waals surface area contributed by atoms with Crippen LogP contribution in [0.3, 0.4) is 0 Å². The average Bonchev–Trinajstić information content (AvgIpc) is 1.84. The lowest BCUT2D eigenvalue weighted by molar-refractivity contribution is -0.438. The Kier molecular flexibility index (Phi) is 23.1. The summed E-state index contributed by atoms with van der Waals surface area (Å²) >= 11 is 0. The van der Waals surface area contributed by atoms with Gasteiger partial charge in [0.1, 0.15) is 35.7 Å². The number of carboxylic acids is 4. The van der Waals surface area contributed by atoms with E-state index in [4.69, 9.17) is 9.84 Å². The zero-order valence-corrected chi connectivity index (χ0v) is 49.5. The van der Waals surface area contributed by atoms with Crippen LogP contribution in [0.2, 0.25) is 0 Å². The first-order valence-corrected chi connectivity index (χ1v) is 30.6. The van der Waals surface area contributed by atoms with Crippen molar-refractivity contribution in [2.75, 3.05) is 30.3 Å². The molecular formula is C64H81N4O15S+. The maximum absolute atomic E-state index is 13.4. The van der Waals surface area contributed by atoms with Gasteiger partial charge in [-0.25, -0.2) is 9.59 Å². The van der Waals surface area contributed by atoms with Crippen LogP contribution in [0.15, 0.2) is 120 Å². The number of carbonyl (C=O) groups is 7. The van der Waals surface area contributed by atoms with Gasteiger partial charge in [0.25, 0.3) is 10.1 Å². The number of hydrogen-bond acceptors (Lipinski definition) is 11. The molecule has 0 radical (unpaired) electrons. The molecule has 84 heavy (non-hydrogen) atoms. The summed E-state index contributed by atoms with van der Waals surface area (Å²) in [5.41, 5.74) is 8.61. The summed E-state index contributed by atoms with van der Waals surface area (Å²) in [6.45, 7) is 12.4. The fourth-order valence-electron chi connectivity index (χ4n) is 11.4. The molecule has 2 aliphatic heterocycles. The number of urea groups is 1. The summed E-state index contributed by atoms with van der Waals surface area (Å²) in [6.07, 6.45) is 12.1. The van der Waals surface area contributed by atoms with Crippen LogP contribution >= 0.6 is 0 Å². The van der Waals surface area contributed by atoms with Crippen molar-refractivity contribution in [1.82, 2.24) is 10.6 Å². The van der Waals surface area contributed by atoms with Gasteiger partial charge in [-0.15, -0.1) is 0 Å². The van der Waals surface area contributed by atoms with Crippen molar-refractivity contribution >= 4 is 68.7 Å². The summed E-state index contributed by atoms with van der Waals surface area (Å²) in [4.78, 5) is 88.1. The molecule has 0 bridgehead atoms. The first-order valence-electron chi connectivity index (χ1n) is 28.9. The number of rotatable bonds is 33. The molecule has 7 N–H and O–H groups in total. The Morgan fingerprint density at radius 2 is 1.39 bits per heavy atom. The van der Waals surface area contributed by atoms with Crippen molar-refractivity contribution < 1.29 is 76.3 Å². The SMILES string of the molecule is CCCCC[N+]1=C(/C=C/C2=C(Oc3ccc(C[C@H](CC(=O)C[C@H](CC(=O)CC[C@H](NC(=O)NCCCC(=O)O)C(=O)O)C(=O)O)C(=O)O)cc3)C(=C/C=C3/N(CCCCS(=O)(=O)O)c4ccccc4C3(C)C)/CCC2)C(C)(C)c2ccccc21. The van der Waals surface area contributed by atoms with Crippen molar-refractivity contribution in [3.05, 3.63) is 136 Å². The van der Waals surface area contributed by atoms with Crippen LogP contribution in [-0.2, 0) is 56.1 Å². The Morgan fingerprint density at radius 1 is 0.726 bits per heavy atom. The number of hydrogen-bond donors (Lipinski definition) is 7. The zero-order valence-electron chi connectivity index (χ0n) is 48.7. The lowest BCUT2D eigenvalue weighted by Crippen LogP contribution is -2.46. The van der Waals surface area contributed by atoms with Crippen molar-refractivity contribution in [1.29, 1.82) is 0 Å². The lowest BCUT2D eigenvalue weighted by atomic mass is 9.81. The molecule has 0 unspecified atom stereocenters. The van der Waals surface area contributed by atoms with E-state index in [1.807, 2.05) is 12.1 Å². The molecule has 3 aliphatic rings. The second kappa shape index (κ2) is 29.7. The number of carbonyl (C=O) groups excluding carboxylic acids is 3. The third kappa shape index (κ3) is 17.9. The summed E-state index contributed by atoms with van der Waals surface area (Å²) in [5, 5.41) is 43.1. The minimum absolute atomic E-state index is 0.0418. The molecule has 2 heterocycles. The number of Topliss-reactive ketones (excluding diaryl/α,β-unsaturated/α-hetero) is 2. The highest BCUT2D eigenvalue weighted by molar-refractivity contribution is 7.85. The molecule has 2 amide bonds. The number of nitrogens with zero attached hydrogens (tertiary/aromatic N) is 2. The van der Waals surface area contributed by atoms with Crippen molar-refractivity contribution in [3.8, 4) is 5.75 Å². The van der Waals surface area contributed by atoms with Gasteiger partial charge in [-0.3, -0.25) is 28.5 Å². The second-order valence-electron chi connectivity index (χ2n) is 23.0. The van der Waals surface area contributed by atoms with E-state index in [2.05, 4.69) is 115 Å². The Bertz CT molecular complexity index is 3210. The first-order chi connectivity index (χ1) is 39.8. The molecule has 19 nitrogen and oxygen atoms in total. The van der Waals surface area contributed by atoms with Gasteiger partial charge in [-0.2, -0.15) is 13.0 Å². The topological polar surface area (TPSA) is 294 Å². The third-order valence-electron chi connectivity index (χ3n) is 15.9. The zero-order chi connectivity index (χ0) is 61.4. The van der Waals surface area contributed by atoms with Gasteiger partial charge < -0.3 is 40.7 Å². The normalized spacial score (nSPS) is 17.4. The monoisotopic (exact) mass is 1180 g/mol. The molecule has 0 fully saturated rings. The molecule has 0 aromatic heterocycles. The first kappa shape index (κ1) is 65.4. The van der Waals surface area contributed by atoms with E-state index in [0.29, 0.717) is 42.9 Å². The number of ketones is 2. The fraction of sp³-hybridized carbons (Fsp3) is 0.469. The molecule has 0 spiro atoms. The predicted molar refractivity (Wildman–Crippen MR) is 318 cm³/mol. The number of fused-ring (bicyclic) bond motifs is 2. The van der Waals surface area contributed by atoms with Crippen LogP contribution in [0.25, 0.3) is 0 Å². The standard InChI is InChI=1S/C64H80N4O15S/c1-6-7-12-35-67-53-21-10-8-19-50(53)63(2,3)55(67)32-26-43-17-15-18-44(27-33-56-64(4,5)51-20-9-11-22-54(51)68(56)36-13-14-37-84(80,81)82)58(43)83-49-29-24-42(25-30-49)38-45(59(73)74)40-48(70)41-46(60(75)76)39-47(69)28-31-52(61(77)78)66-62(79)65-34-16-23-57(71)72/h8-11,19-22,24-27,29-30,32-33,45-46,52H,6-7,12-18,23,28,31,34-41H2,1-5H3,(H6-,65,66,71,72,73,74,75,76,77,78,79,80,81,82)/p+1/t45-,46+,52+/m1/s1. The van der Waals surface area contributed by atoms with Crippen molar-refractivity contribution in [2.24, 2.45) is 11.8 Å². The molecule has 6 rings (SSSR count). The van der Waals surface area contributed by atoms with Crippen LogP contribution in [0.1, 0.15) is 148 Å². The summed E-state index contributed by atoms with van der Waals surface area (Å²) in [5.74, 6) is -8.57. The smallest absolute Gasteiger partial charge is 0.326 e. The van der Waals surface area contributed by atoms with E-state index in [-0.39, 0.29) is 43.4 Å². The average molecular weight is 1180 g/mol. The van der Waals surface area contributed by atoms with Crippen LogP contribution in [0.4, 0.5) is 16.2 Å². The Balaban J connectivity index is 1.23. The van der Waals surface area contributed by atoms with Crippen molar-refractivity contribution in [3.63, 3.8) is 0 Å². The van der Waals surface area contributed by atoms with Gasteiger partial charge in [0.05, 0.1) is 23.0 Å².